The molecule has 4 rings (SSSR count). The lowest BCUT2D eigenvalue weighted by atomic mass is 10.1. The van der Waals surface area contributed by atoms with Crippen molar-refractivity contribution in [2.75, 3.05) is 17.9 Å². The molecule has 1 amide bonds. The van der Waals surface area contributed by atoms with Crippen molar-refractivity contribution < 1.29 is 14.3 Å². The fraction of sp³-hybridized carbons (Fsp3) is 0.200. The van der Waals surface area contributed by atoms with Gasteiger partial charge in [-0.15, -0.1) is 0 Å². The largest absolute Gasteiger partial charge is 0.454 e. The number of rotatable bonds is 6. The van der Waals surface area contributed by atoms with Gasteiger partial charge in [0.15, 0.2) is 16.7 Å². The Labute approximate surface area is 161 Å². The molecule has 0 radical (unpaired) electrons. The first-order valence-corrected chi connectivity index (χ1v) is 9.55. The molecule has 7 heteroatoms. The number of ether oxygens (including phenoxy) is 2. The van der Waals surface area contributed by atoms with Gasteiger partial charge < -0.3 is 19.4 Å². The first kappa shape index (κ1) is 17.5. The van der Waals surface area contributed by atoms with Crippen LogP contribution >= 0.6 is 11.8 Å². The van der Waals surface area contributed by atoms with Crippen LogP contribution in [0.2, 0.25) is 0 Å². The summed E-state index contributed by atoms with van der Waals surface area (Å²) in [5.74, 6) is 1.53. The van der Waals surface area contributed by atoms with E-state index >= 15 is 0 Å². The molecule has 0 atom stereocenters. The van der Waals surface area contributed by atoms with Crippen LogP contribution in [0, 0.1) is 6.92 Å². The Morgan fingerprint density at radius 1 is 1.19 bits per heavy atom. The van der Waals surface area contributed by atoms with E-state index in [1.54, 1.807) is 24.4 Å². The zero-order valence-electron chi connectivity index (χ0n) is 14.8. The molecule has 0 fully saturated rings. The number of anilines is 1. The number of thioether (sulfide) groups is 1. The Kier molecular flexibility index (Phi) is 5.02. The zero-order chi connectivity index (χ0) is 18.6. The second-order valence-electron chi connectivity index (χ2n) is 6.23. The van der Waals surface area contributed by atoms with Gasteiger partial charge in [-0.1, -0.05) is 41.6 Å². The third-order valence-electron chi connectivity index (χ3n) is 4.14. The van der Waals surface area contributed by atoms with E-state index in [1.165, 1.54) is 22.9 Å². The molecule has 0 saturated carbocycles. The van der Waals surface area contributed by atoms with E-state index in [0.717, 1.165) is 11.7 Å². The number of carbonyl (C=O) groups is 1. The van der Waals surface area contributed by atoms with Crippen LogP contribution in [0.1, 0.15) is 11.1 Å². The third-order valence-corrected chi connectivity index (χ3v) is 5.14. The summed E-state index contributed by atoms with van der Waals surface area (Å²) in [7, 11) is 0. The molecule has 1 aliphatic heterocycles. The quantitative estimate of drug-likeness (QED) is 0.660. The summed E-state index contributed by atoms with van der Waals surface area (Å²) >= 11 is 1.41. The van der Waals surface area contributed by atoms with Gasteiger partial charge in [-0.25, -0.2) is 4.98 Å². The molecule has 27 heavy (non-hydrogen) atoms. The van der Waals surface area contributed by atoms with Gasteiger partial charge in [0.25, 0.3) is 0 Å². The molecule has 6 nitrogen and oxygen atoms in total. The molecule has 1 aliphatic rings. The summed E-state index contributed by atoms with van der Waals surface area (Å²) in [6.07, 6.45) is 3.68. The topological polar surface area (TPSA) is 65.4 Å². The highest BCUT2D eigenvalue weighted by atomic mass is 32.2. The van der Waals surface area contributed by atoms with E-state index in [2.05, 4.69) is 41.5 Å². The summed E-state index contributed by atoms with van der Waals surface area (Å²) < 4.78 is 12.6. The highest BCUT2D eigenvalue weighted by Gasteiger charge is 2.14. The maximum Gasteiger partial charge on any atom is 0.234 e. The Morgan fingerprint density at radius 3 is 2.85 bits per heavy atom. The van der Waals surface area contributed by atoms with Gasteiger partial charge in [0.1, 0.15) is 0 Å². The van der Waals surface area contributed by atoms with Crippen molar-refractivity contribution in [1.29, 1.82) is 0 Å². The molecule has 2 heterocycles. The second kappa shape index (κ2) is 7.75. The van der Waals surface area contributed by atoms with E-state index in [9.17, 15) is 4.79 Å². The SMILES string of the molecule is Cc1ccc(Cn2ccnc2SCC(=O)Nc2ccc3c(c2)OCO3)cc1. The average Bonchev–Trinajstić information content (AvgIpc) is 3.30. The highest BCUT2D eigenvalue weighted by Crippen LogP contribution is 2.34. The Balaban J connectivity index is 1.34. The Bertz CT molecular complexity index is 953. The van der Waals surface area contributed by atoms with Crippen LogP contribution in [0.3, 0.4) is 0 Å². The molecule has 3 aromatic rings. The zero-order valence-corrected chi connectivity index (χ0v) is 15.7. The van der Waals surface area contributed by atoms with Crippen LogP contribution in [0.15, 0.2) is 60.0 Å². The lowest BCUT2D eigenvalue weighted by Crippen LogP contribution is -2.14. The molecule has 1 aromatic heterocycles. The van der Waals surface area contributed by atoms with Crippen LogP contribution in [0.4, 0.5) is 5.69 Å². The number of carbonyl (C=O) groups excluding carboxylic acids is 1. The number of fused-ring (bicyclic) bond motifs is 1. The average molecular weight is 381 g/mol. The molecule has 0 bridgehead atoms. The minimum absolute atomic E-state index is 0.0937. The number of amides is 1. The number of nitrogens with zero attached hydrogens (tertiary/aromatic N) is 2. The summed E-state index contributed by atoms with van der Waals surface area (Å²) in [5, 5.41) is 3.69. The van der Waals surface area contributed by atoms with Gasteiger partial charge in [0.05, 0.1) is 5.75 Å². The smallest absolute Gasteiger partial charge is 0.234 e. The van der Waals surface area contributed by atoms with Gasteiger partial charge in [-0.2, -0.15) is 0 Å². The lowest BCUT2D eigenvalue weighted by molar-refractivity contribution is -0.113. The predicted molar refractivity (Wildman–Crippen MR) is 104 cm³/mol. The molecular formula is C20H19N3O3S. The monoisotopic (exact) mass is 381 g/mol. The van der Waals surface area contributed by atoms with Crippen LogP contribution in [-0.4, -0.2) is 28.0 Å². The van der Waals surface area contributed by atoms with Crippen LogP contribution in [0.5, 0.6) is 11.5 Å². The molecule has 0 aliphatic carbocycles. The maximum atomic E-state index is 12.3. The number of benzene rings is 2. The summed E-state index contributed by atoms with van der Waals surface area (Å²) in [5.41, 5.74) is 3.12. The van der Waals surface area contributed by atoms with Crippen molar-refractivity contribution in [3.05, 3.63) is 66.0 Å². The van der Waals surface area contributed by atoms with E-state index < -0.39 is 0 Å². The summed E-state index contributed by atoms with van der Waals surface area (Å²) in [6.45, 7) is 3.01. The van der Waals surface area contributed by atoms with Crippen molar-refractivity contribution in [1.82, 2.24) is 9.55 Å². The minimum Gasteiger partial charge on any atom is -0.454 e. The number of aromatic nitrogens is 2. The summed E-state index contributed by atoms with van der Waals surface area (Å²) in [4.78, 5) is 16.6. The van der Waals surface area contributed by atoms with Gasteiger partial charge in [0, 0.05) is 30.7 Å². The fourth-order valence-corrected chi connectivity index (χ4v) is 3.51. The number of nitrogens with one attached hydrogen (secondary N) is 1. The van der Waals surface area contributed by atoms with Crippen molar-refractivity contribution >= 4 is 23.4 Å². The number of imidazole rings is 1. The molecule has 0 saturated heterocycles. The van der Waals surface area contributed by atoms with Crippen LogP contribution < -0.4 is 14.8 Å². The van der Waals surface area contributed by atoms with Gasteiger partial charge in [-0.3, -0.25) is 4.79 Å². The molecule has 138 valence electrons. The normalized spacial score (nSPS) is 12.2. The van der Waals surface area contributed by atoms with Crippen molar-refractivity contribution in [3.8, 4) is 11.5 Å². The molecule has 2 aromatic carbocycles. The number of hydrogen-bond donors (Lipinski definition) is 1. The van der Waals surface area contributed by atoms with Crippen LogP contribution in [-0.2, 0) is 11.3 Å². The molecule has 0 spiro atoms. The number of hydrogen-bond acceptors (Lipinski definition) is 5. The molecular weight excluding hydrogens is 362 g/mol. The van der Waals surface area contributed by atoms with Crippen molar-refractivity contribution in [2.24, 2.45) is 0 Å². The third kappa shape index (κ3) is 4.25. The van der Waals surface area contributed by atoms with Gasteiger partial charge in [0.2, 0.25) is 12.7 Å². The predicted octanol–water partition coefficient (Wildman–Crippen LogP) is 3.70. The van der Waals surface area contributed by atoms with Gasteiger partial charge in [-0.05, 0) is 24.6 Å². The van der Waals surface area contributed by atoms with Crippen molar-refractivity contribution in [2.45, 2.75) is 18.6 Å². The highest BCUT2D eigenvalue weighted by molar-refractivity contribution is 7.99. The van der Waals surface area contributed by atoms with Gasteiger partial charge >= 0.3 is 0 Å². The first-order valence-electron chi connectivity index (χ1n) is 8.56. The van der Waals surface area contributed by atoms with E-state index in [-0.39, 0.29) is 18.5 Å². The van der Waals surface area contributed by atoms with E-state index in [0.29, 0.717) is 17.2 Å². The van der Waals surface area contributed by atoms with Crippen LogP contribution in [0.25, 0.3) is 0 Å². The Hall–Kier alpha value is -2.93. The standard InChI is InChI=1S/C20H19N3O3S/c1-14-2-4-15(5-3-14)11-23-9-8-21-20(23)27-12-19(24)22-16-6-7-17-18(10-16)26-13-25-17/h2-10H,11-13H2,1H3,(H,22,24). The molecule has 0 unspecified atom stereocenters. The van der Waals surface area contributed by atoms with Crippen molar-refractivity contribution in [3.63, 3.8) is 0 Å². The molecule has 1 N–H and O–H groups in total. The second-order valence-corrected chi connectivity index (χ2v) is 7.17. The lowest BCUT2D eigenvalue weighted by Gasteiger charge is -2.09. The Morgan fingerprint density at radius 2 is 2.00 bits per heavy atom. The minimum atomic E-state index is -0.0937. The summed E-state index contributed by atoms with van der Waals surface area (Å²) in [6, 6.07) is 13.8. The number of aryl methyl sites for hydroxylation is 1. The maximum absolute atomic E-state index is 12.3. The first-order chi connectivity index (χ1) is 13.2. The fourth-order valence-electron chi connectivity index (χ4n) is 2.75. The van der Waals surface area contributed by atoms with E-state index in [4.69, 9.17) is 9.47 Å². The van der Waals surface area contributed by atoms with E-state index in [1.807, 2.05) is 10.8 Å².